The van der Waals surface area contributed by atoms with Crippen LogP contribution in [-0.4, -0.2) is 29.9 Å². The van der Waals surface area contributed by atoms with Gasteiger partial charge in [0.2, 0.25) is 0 Å². The molecule has 0 saturated heterocycles. The van der Waals surface area contributed by atoms with Crippen LogP contribution in [0.4, 0.5) is 31.4 Å². The molecule has 2 atom stereocenters. The summed E-state index contributed by atoms with van der Waals surface area (Å²) in [5.74, 6) is 0. The predicted molar refractivity (Wildman–Crippen MR) is 181 cm³/mol. The van der Waals surface area contributed by atoms with Gasteiger partial charge in [-0.3, -0.25) is 4.90 Å². The molecule has 2 unspecified atom stereocenters. The number of nitrogens with zero attached hydrogens (tertiary/aromatic N) is 2. The molecule has 0 aromatic heterocycles. The highest BCUT2D eigenvalue weighted by atomic mass is 16.6. The number of hydrogen-bond acceptors (Lipinski definition) is 7. The number of fused-ring (bicyclic) bond motifs is 1. The molecule has 0 aliphatic carbocycles. The van der Waals surface area contributed by atoms with Crippen LogP contribution in [0.15, 0.2) is 109 Å². The Morgan fingerprint density at radius 3 is 1.96 bits per heavy atom. The van der Waals surface area contributed by atoms with E-state index in [4.69, 9.17) is 14.2 Å². The number of benzene rings is 4. The van der Waals surface area contributed by atoms with Gasteiger partial charge in [0, 0.05) is 0 Å². The molecule has 1 aliphatic heterocycles. The van der Waals surface area contributed by atoms with Crippen molar-refractivity contribution in [2.24, 2.45) is 0 Å². The lowest BCUT2D eigenvalue weighted by atomic mass is 9.82. The van der Waals surface area contributed by atoms with E-state index in [-0.39, 0.29) is 18.9 Å². The van der Waals surface area contributed by atoms with Crippen LogP contribution in [0.5, 0.6) is 0 Å². The Morgan fingerprint density at radius 1 is 0.830 bits per heavy atom. The average Bonchev–Trinajstić information content (AvgIpc) is 3.06. The normalized spacial score (nSPS) is 17.0. The molecule has 0 spiro atoms. The summed E-state index contributed by atoms with van der Waals surface area (Å²) in [6.07, 6.45) is -2.27. The monoisotopic (exact) mass is 636 g/mol. The maximum atomic E-state index is 13.9. The number of carbonyl (C=O) groups is 3. The summed E-state index contributed by atoms with van der Waals surface area (Å²) in [7, 11) is 0. The number of amides is 3. The Morgan fingerprint density at radius 2 is 1.38 bits per heavy atom. The van der Waals surface area contributed by atoms with Crippen LogP contribution < -0.4 is 20.7 Å². The standard InChI is InChI=1S/C37H40N4O6/c1-26-37(5,29-19-13-8-14-20-29)38-31-22-21-30(23-32(31)40(26)34(43)47-36(2,3)4)41(35(44)46-25-28-17-11-7-12-18-28)39-33(42)45-24-27-15-9-6-10-16-27/h6-23,26,38H,24-25H2,1-5H3,(H,39,42). The molecule has 10 heteroatoms. The van der Waals surface area contributed by atoms with Gasteiger partial charge in [-0.1, -0.05) is 91.0 Å². The summed E-state index contributed by atoms with van der Waals surface area (Å²) in [4.78, 5) is 42.0. The molecule has 4 aromatic carbocycles. The van der Waals surface area contributed by atoms with Crippen molar-refractivity contribution in [2.75, 3.05) is 15.2 Å². The van der Waals surface area contributed by atoms with Crippen LogP contribution in [0.25, 0.3) is 0 Å². The second-order valence-electron chi connectivity index (χ2n) is 12.5. The van der Waals surface area contributed by atoms with Gasteiger partial charge in [-0.2, -0.15) is 5.01 Å². The maximum Gasteiger partial charge on any atom is 0.433 e. The number of hydrazine groups is 1. The van der Waals surface area contributed by atoms with E-state index >= 15 is 0 Å². The van der Waals surface area contributed by atoms with E-state index in [0.717, 1.165) is 21.7 Å². The molecule has 10 nitrogen and oxygen atoms in total. The van der Waals surface area contributed by atoms with E-state index in [0.29, 0.717) is 11.4 Å². The zero-order chi connectivity index (χ0) is 33.6. The first-order valence-electron chi connectivity index (χ1n) is 15.4. The molecule has 0 fully saturated rings. The molecule has 1 heterocycles. The fraction of sp³-hybridized carbons (Fsp3) is 0.270. The van der Waals surface area contributed by atoms with E-state index < -0.39 is 35.5 Å². The summed E-state index contributed by atoms with van der Waals surface area (Å²) in [5, 5.41) is 4.58. The second kappa shape index (κ2) is 13.9. The zero-order valence-electron chi connectivity index (χ0n) is 27.2. The molecule has 0 radical (unpaired) electrons. The zero-order valence-corrected chi connectivity index (χ0v) is 27.2. The number of rotatable bonds is 6. The third kappa shape index (κ3) is 7.84. The Labute approximate surface area is 275 Å². The van der Waals surface area contributed by atoms with Gasteiger partial charge in [0.25, 0.3) is 0 Å². The van der Waals surface area contributed by atoms with Gasteiger partial charge in [-0.05, 0) is 69.5 Å². The lowest BCUT2D eigenvalue weighted by molar-refractivity contribution is 0.0553. The Balaban J connectivity index is 1.50. The summed E-state index contributed by atoms with van der Waals surface area (Å²) in [6, 6.07) is 32.8. The van der Waals surface area contributed by atoms with Crippen molar-refractivity contribution in [3.63, 3.8) is 0 Å². The van der Waals surface area contributed by atoms with Gasteiger partial charge in [0.15, 0.2) is 0 Å². The SMILES string of the molecule is CC1N(C(=O)OC(C)(C)C)c2cc(N(NC(=O)OCc3ccccc3)C(=O)OCc3ccccc3)ccc2NC1(C)c1ccccc1. The maximum absolute atomic E-state index is 13.9. The summed E-state index contributed by atoms with van der Waals surface area (Å²) in [5.41, 5.74) is 4.92. The number of hydrogen-bond donors (Lipinski definition) is 2. The van der Waals surface area contributed by atoms with Crippen molar-refractivity contribution in [3.05, 3.63) is 126 Å². The smallest absolute Gasteiger partial charge is 0.433 e. The minimum absolute atomic E-state index is 0.00428. The summed E-state index contributed by atoms with van der Waals surface area (Å²) in [6.45, 7) is 9.35. The largest absolute Gasteiger partial charge is 0.443 e. The van der Waals surface area contributed by atoms with Gasteiger partial charge < -0.3 is 19.5 Å². The Bertz CT molecular complexity index is 1690. The predicted octanol–water partition coefficient (Wildman–Crippen LogP) is 8.14. The van der Waals surface area contributed by atoms with E-state index in [1.54, 1.807) is 43.9 Å². The van der Waals surface area contributed by atoms with E-state index in [2.05, 4.69) is 10.7 Å². The topological polar surface area (TPSA) is 109 Å². The van der Waals surface area contributed by atoms with Crippen LogP contribution in [0.3, 0.4) is 0 Å². The minimum atomic E-state index is -0.865. The first kappa shape index (κ1) is 32.9. The van der Waals surface area contributed by atoms with E-state index in [1.807, 2.05) is 105 Å². The van der Waals surface area contributed by atoms with Crippen LogP contribution >= 0.6 is 0 Å². The van der Waals surface area contributed by atoms with Crippen molar-refractivity contribution in [3.8, 4) is 0 Å². The van der Waals surface area contributed by atoms with Gasteiger partial charge in [-0.15, -0.1) is 0 Å². The van der Waals surface area contributed by atoms with Crippen molar-refractivity contribution in [1.29, 1.82) is 0 Å². The van der Waals surface area contributed by atoms with E-state index in [9.17, 15) is 14.4 Å². The molecule has 2 N–H and O–H groups in total. The van der Waals surface area contributed by atoms with Crippen molar-refractivity contribution in [2.45, 2.75) is 65.0 Å². The lowest BCUT2D eigenvalue weighted by Gasteiger charge is -2.48. The molecule has 5 rings (SSSR count). The van der Waals surface area contributed by atoms with Gasteiger partial charge in [0.1, 0.15) is 18.8 Å². The van der Waals surface area contributed by atoms with Crippen molar-refractivity contribution < 1.29 is 28.6 Å². The number of carbonyl (C=O) groups excluding carboxylic acids is 3. The van der Waals surface area contributed by atoms with Crippen LogP contribution in [0.1, 0.15) is 51.3 Å². The molecular formula is C37H40N4O6. The number of anilines is 3. The van der Waals surface area contributed by atoms with Crippen LogP contribution in [0.2, 0.25) is 0 Å². The van der Waals surface area contributed by atoms with Gasteiger partial charge >= 0.3 is 18.3 Å². The van der Waals surface area contributed by atoms with Crippen LogP contribution in [-0.2, 0) is 33.0 Å². The molecule has 0 bridgehead atoms. The number of nitrogens with one attached hydrogen (secondary N) is 2. The summed E-state index contributed by atoms with van der Waals surface area (Å²) < 4.78 is 16.9. The fourth-order valence-electron chi connectivity index (χ4n) is 5.33. The molecule has 47 heavy (non-hydrogen) atoms. The Hall–Kier alpha value is -5.51. The van der Waals surface area contributed by atoms with Crippen molar-refractivity contribution >= 4 is 35.3 Å². The van der Waals surface area contributed by atoms with E-state index in [1.165, 1.54) is 0 Å². The second-order valence-corrected chi connectivity index (χ2v) is 12.5. The van der Waals surface area contributed by atoms with Gasteiger partial charge in [-0.25, -0.2) is 19.8 Å². The first-order chi connectivity index (χ1) is 22.4. The molecule has 244 valence electrons. The minimum Gasteiger partial charge on any atom is -0.443 e. The number of ether oxygens (including phenoxy) is 3. The molecule has 0 saturated carbocycles. The van der Waals surface area contributed by atoms with Crippen molar-refractivity contribution in [1.82, 2.24) is 5.43 Å². The molecule has 3 amide bonds. The summed E-state index contributed by atoms with van der Waals surface area (Å²) >= 11 is 0. The Kier molecular flexibility index (Phi) is 9.70. The highest BCUT2D eigenvalue weighted by Crippen LogP contribution is 2.45. The third-order valence-corrected chi connectivity index (χ3v) is 7.88. The fourth-order valence-corrected chi connectivity index (χ4v) is 5.33. The molecular weight excluding hydrogens is 596 g/mol. The third-order valence-electron chi connectivity index (χ3n) is 7.88. The highest BCUT2D eigenvalue weighted by molar-refractivity contribution is 5.98. The van der Waals surface area contributed by atoms with Crippen LogP contribution in [0, 0.1) is 0 Å². The molecule has 4 aromatic rings. The first-order valence-corrected chi connectivity index (χ1v) is 15.4. The van der Waals surface area contributed by atoms with Gasteiger partial charge in [0.05, 0.1) is 28.6 Å². The quantitative estimate of drug-likeness (QED) is 0.162. The lowest BCUT2D eigenvalue weighted by Crippen LogP contribution is -2.58. The highest BCUT2D eigenvalue weighted by Gasteiger charge is 2.45. The average molecular weight is 637 g/mol. The molecule has 1 aliphatic rings.